The molecule has 1 rings (SSSR count). The van der Waals surface area contributed by atoms with E-state index in [2.05, 4.69) is 4.52 Å². The molecular formula is C10H14NaO4P. The largest absolute Gasteiger partial charge is 1.00 e. The van der Waals surface area contributed by atoms with Crippen LogP contribution in [0.25, 0.3) is 0 Å². The summed E-state index contributed by atoms with van der Waals surface area (Å²) < 4.78 is 14.8. The van der Waals surface area contributed by atoms with Gasteiger partial charge in [0.15, 0.2) is 0 Å². The van der Waals surface area contributed by atoms with Crippen LogP contribution in [-0.2, 0) is 9.98 Å². The molecule has 1 unspecified atom stereocenters. The summed E-state index contributed by atoms with van der Waals surface area (Å²) in [5.41, 5.74) is 1.06. The maximum Gasteiger partial charge on any atom is 1.00 e. The van der Waals surface area contributed by atoms with Crippen LogP contribution >= 0.6 is 7.82 Å². The average molecular weight is 252 g/mol. The van der Waals surface area contributed by atoms with Gasteiger partial charge >= 0.3 is 37.4 Å². The van der Waals surface area contributed by atoms with E-state index in [-0.39, 0.29) is 40.7 Å². The van der Waals surface area contributed by atoms with Crippen molar-refractivity contribution in [3.05, 3.63) is 29.8 Å². The molecule has 0 saturated carbocycles. The van der Waals surface area contributed by atoms with E-state index in [4.69, 9.17) is 4.89 Å². The third kappa shape index (κ3) is 5.48. The number of phosphoric acid groups is 1. The Hall–Kier alpha value is 0.170. The Morgan fingerprint density at radius 3 is 2.00 bits per heavy atom. The molecular weight excluding hydrogens is 238 g/mol. The summed E-state index contributed by atoms with van der Waals surface area (Å²) in [6.07, 6.45) is 0. The number of hydrogen-bond acceptors (Lipinski definition) is 3. The van der Waals surface area contributed by atoms with E-state index in [1.807, 2.05) is 20.8 Å². The number of phosphoric ester groups is 1. The summed E-state index contributed by atoms with van der Waals surface area (Å²) >= 11 is 0. The van der Waals surface area contributed by atoms with Crippen molar-refractivity contribution < 1.29 is 48.4 Å². The van der Waals surface area contributed by atoms with Crippen molar-refractivity contribution in [3.63, 3.8) is 0 Å². The van der Waals surface area contributed by atoms with E-state index in [1.54, 1.807) is 12.1 Å². The molecule has 1 aromatic rings. The first-order valence-electron chi connectivity index (χ1n) is 4.52. The molecule has 0 amide bonds. The van der Waals surface area contributed by atoms with Crippen LogP contribution in [0.15, 0.2) is 24.3 Å². The Morgan fingerprint density at radius 1 is 1.25 bits per heavy atom. The van der Waals surface area contributed by atoms with Gasteiger partial charge in [-0.3, -0.25) is 4.57 Å². The van der Waals surface area contributed by atoms with Crippen molar-refractivity contribution in [2.24, 2.45) is 0 Å². The number of rotatable bonds is 2. The molecule has 0 aliphatic carbocycles. The van der Waals surface area contributed by atoms with Gasteiger partial charge in [0.1, 0.15) is 5.75 Å². The zero-order valence-electron chi connectivity index (χ0n) is 9.93. The van der Waals surface area contributed by atoms with Crippen molar-refractivity contribution in [1.82, 2.24) is 0 Å². The minimum absolute atomic E-state index is 0. The topological polar surface area (TPSA) is 69.6 Å². The first kappa shape index (κ1) is 16.2. The van der Waals surface area contributed by atoms with E-state index in [9.17, 15) is 9.46 Å². The van der Waals surface area contributed by atoms with E-state index < -0.39 is 7.82 Å². The molecule has 1 N–H and O–H groups in total. The van der Waals surface area contributed by atoms with Gasteiger partial charge in [-0.2, -0.15) is 0 Å². The number of benzene rings is 1. The van der Waals surface area contributed by atoms with Crippen LogP contribution in [0.3, 0.4) is 0 Å². The van der Waals surface area contributed by atoms with Gasteiger partial charge in [0.05, 0.1) is 0 Å². The minimum atomic E-state index is -4.69. The van der Waals surface area contributed by atoms with Crippen molar-refractivity contribution >= 4 is 7.82 Å². The van der Waals surface area contributed by atoms with Crippen LogP contribution in [0, 0.1) is 0 Å². The smallest absolute Gasteiger partial charge is 0.746 e. The van der Waals surface area contributed by atoms with Crippen LogP contribution in [0.5, 0.6) is 5.75 Å². The Balaban J connectivity index is 0.00000225. The fourth-order valence-electron chi connectivity index (χ4n) is 1.15. The zero-order valence-corrected chi connectivity index (χ0v) is 12.8. The summed E-state index contributed by atoms with van der Waals surface area (Å²) in [6, 6.07) is 6.57. The molecule has 16 heavy (non-hydrogen) atoms. The third-order valence-electron chi connectivity index (χ3n) is 1.94. The first-order chi connectivity index (χ1) is 6.68. The molecule has 0 aromatic heterocycles. The molecule has 0 radical (unpaired) electrons. The summed E-state index contributed by atoms with van der Waals surface area (Å²) in [7, 11) is -4.69. The van der Waals surface area contributed by atoms with Crippen LogP contribution in [0.2, 0.25) is 0 Å². The predicted molar refractivity (Wildman–Crippen MR) is 55.6 cm³/mol. The quantitative estimate of drug-likeness (QED) is 0.532. The summed E-state index contributed by atoms with van der Waals surface area (Å²) in [5.74, 6) is 0.115. The van der Waals surface area contributed by atoms with Gasteiger partial charge in [-0.25, -0.2) is 0 Å². The monoisotopic (exact) mass is 252 g/mol. The van der Waals surface area contributed by atoms with Crippen molar-refractivity contribution in [2.75, 3.05) is 0 Å². The van der Waals surface area contributed by atoms with Gasteiger partial charge in [0, 0.05) is 0 Å². The van der Waals surface area contributed by atoms with Gasteiger partial charge in [0.2, 0.25) is 0 Å². The van der Waals surface area contributed by atoms with Gasteiger partial charge in [-0.05, 0) is 23.1 Å². The second-order valence-corrected chi connectivity index (χ2v) is 5.45. The van der Waals surface area contributed by atoms with Crippen LogP contribution in [0.1, 0.15) is 26.3 Å². The average Bonchev–Trinajstić information content (AvgIpc) is 2.00. The molecule has 0 bridgehead atoms. The van der Waals surface area contributed by atoms with Crippen molar-refractivity contribution in [3.8, 4) is 5.75 Å². The van der Waals surface area contributed by atoms with Crippen LogP contribution < -0.4 is 39.0 Å². The fraction of sp³-hybridized carbons (Fsp3) is 0.400. The Labute approximate surface area is 118 Å². The molecule has 6 heteroatoms. The van der Waals surface area contributed by atoms with Gasteiger partial charge in [0.25, 0.3) is 0 Å². The molecule has 0 fully saturated rings. The molecule has 0 aliphatic rings. The molecule has 0 spiro atoms. The normalized spacial score (nSPS) is 14.8. The van der Waals surface area contributed by atoms with Gasteiger partial charge < -0.3 is 14.3 Å². The van der Waals surface area contributed by atoms with Crippen LogP contribution in [-0.4, -0.2) is 4.89 Å². The molecule has 1 atom stereocenters. The maximum atomic E-state index is 10.4. The number of hydrogen-bond donors (Lipinski definition) is 1. The molecule has 0 saturated heterocycles. The third-order valence-corrected chi connectivity index (χ3v) is 2.38. The van der Waals surface area contributed by atoms with E-state index in [1.165, 1.54) is 12.1 Å². The molecule has 0 heterocycles. The SMILES string of the molecule is CC(C)(C)c1ccc(OP(=O)([O-])O)cc1.[Na+]. The van der Waals surface area contributed by atoms with Gasteiger partial charge in [-0.1, -0.05) is 32.9 Å². The zero-order chi connectivity index (χ0) is 11.7. The van der Waals surface area contributed by atoms with Crippen molar-refractivity contribution in [2.45, 2.75) is 26.2 Å². The minimum Gasteiger partial charge on any atom is -0.746 e. The summed E-state index contributed by atoms with van der Waals surface area (Å²) in [4.78, 5) is 18.9. The molecule has 4 nitrogen and oxygen atoms in total. The standard InChI is InChI=1S/C10H15O4P.Na/c1-10(2,3)8-4-6-9(7-5-8)14-15(11,12)13;/h4-7H,1-3H3,(H2,11,12,13);/q;+1/p-1. The summed E-state index contributed by atoms with van der Waals surface area (Å²) in [6.45, 7) is 6.15. The first-order valence-corrected chi connectivity index (χ1v) is 6.02. The van der Waals surface area contributed by atoms with Crippen LogP contribution in [0.4, 0.5) is 0 Å². The second-order valence-electron chi connectivity index (χ2n) is 4.33. The van der Waals surface area contributed by atoms with E-state index in [0.29, 0.717) is 0 Å². The molecule has 0 aliphatic heterocycles. The maximum absolute atomic E-state index is 10.4. The van der Waals surface area contributed by atoms with E-state index in [0.717, 1.165) is 5.56 Å². The molecule has 1 aromatic carbocycles. The van der Waals surface area contributed by atoms with E-state index >= 15 is 0 Å². The Bertz CT molecular complexity index is 377. The molecule has 84 valence electrons. The fourth-order valence-corrected chi connectivity index (χ4v) is 1.54. The Morgan fingerprint density at radius 2 is 1.69 bits per heavy atom. The Kier molecular flexibility index (Phi) is 5.73. The second kappa shape index (κ2) is 5.67. The van der Waals surface area contributed by atoms with Crippen molar-refractivity contribution in [1.29, 1.82) is 0 Å². The predicted octanol–water partition coefficient (Wildman–Crippen LogP) is -1.17. The van der Waals surface area contributed by atoms with Gasteiger partial charge in [-0.15, -0.1) is 0 Å². The summed E-state index contributed by atoms with van der Waals surface area (Å²) in [5, 5.41) is 0.